The molecule has 1 fully saturated rings. The van der Waals surface area contributed by atoms with Gasteiger partial charge in [0.25, 0.3) is 0 Å². The predicted molar refractivity (Wildman–Crippen MR) is 123 cm³/mol. The zero-order chi connectivity index (χ0) is 19.6. The third kappa shape index (κ3) is 4.82. The predicted octanol–water partition coefficient (Wildman–Crippen LogP) is 2.24. The van der Waals surface area contributed by atoms with Gasteiger partial charge in [-0.3, -0.25) is 4.99 Å². The number of piperazine rings is 1. The van der Waals surface area contributed by atoms with E-state index >= 15 is 0 Å². The Morgan fingerprint density at radius 3 is 2.52 bits per heavy atom. The SMILES string of the molecule is CC(C)(CN=C(N)N1CCN(c2ncccn2)CC1)c1ccc2c(c1)OCO2.I. The molecule has 1 saturated heterocycles. The number of aliphatic imine (C=N–C) groups is 1. The Kier molecular flexibility index (Phi) is 6.66. The van der Waals surface area contributed by atoms with Gasteiger partial charge in [0.15, 0.2) is 17.5 Å². The lowest BCUT2D eigenvalue weighted by atomic mass is 9.84. The zero-order valence-corrected chi connectivity index (χ0v) is 19.1. The number of guanidine groups is 1. The van der Waals surface area contributed by atoms with E-state index in [0.717, 1.165) is 49.2 Å². The van der Waals surface area contributed by atoms with E-state index in [1.807, 2.05) is 18.2 Å². The van der Waals surface area contributed by atoms with Crippen molar-refractivity contribution in [3.8, 4) is 11.5 Å². The van der Waals surface area contributed by atoms with Crippen molar-refractivity contribution in [2.75, 3.05) is 44.4 Å². The van der Waals surface area contributed by atoms with Gasteiger partial charge in [0.05, 0.1) is 6.54 Å². The maximum Gasteiger partial charge on any atom is 0.231 e. The van der Waals surface area contributed by atoms with Gasteiger partial charge in [-0.1, -0.05) is 19.9 Å². The molecule has 2 aromatic rings. The Morgan fingerprint density at radius 2 is 1.79 bits per heavy atom. The van der Waals surface area contributed by atoms with Gasteiger partial charge >= 0.3 is 0 Å². The third-order valence-corrected chi connectivity index (χ3v) is 5.23. The molecule has 0 saturated carbocycles. The summed E-state index contributed by atoms with van der Waals surface area (Å²) in [5.41, 5.74) is 7.28. The van der Waals surface area contributed by atoms with Gasteiger partial charge in [-0.25, -0.2) is 9.97 Å². The lowest BCUT2D eigenvalue weighted by Gasteiger charge is -2.35. The molecule has 4 rings (SSSR count). The van der Waals surface area contributed by atoms with Gasteiger partial charge in [0.2, 0.25) is 12.7 Å². The van der Waals surface area contributed by atoms with Crippen molar-refractivity contribution >= 4 is 35.9 Å². The van der Waals surface area contributed by atoms with Crippen molar-refractivity contribution in [2.24, 2.45) is 10.7 Å². The number of fused-ring (bicyclic) bond motifs is 1. The number of rotatable bonds is 4. The number of nitrogens with two attached hydrogens (primary N) is 1. The molecule has 0 unspecified atom stereocenters. The lowest BCUT2D eigenvalue weighted by Crippen LogP contribution is -2.51. The van der Waals surface area contributed by atoms with E-state index in [9.17, 15) is 0 Å². The molecular weight excluding hydrogens is 483 g/mol. The summed E-state index contributed by atoms with van der Waals surface area (Å²) >= 11 is 0. The maximum atomic E-state index is 6.29. The molecule has 2 aliphatic heterocycles. The van der Waals surface area contributed by atoms with Gasteiger partial charge in [0, 0.05) is 44.0 Å². The van der Waals surface area contributed by atoms with Crippen LogP contribution in [-0.4, -0.2) is 60.3 Å². The maximum absolute atomic E-state index is 6.29. The summed E-state index contributed by atoms with van der Waals surface area (Å²) in [5, 5.41) is 0. The van der Waals surface area contributed by atoms with Crippen LogP contribution in [0.2, 0.25) is 0 Å². The van der Waals surface area contributed by atoms with Crippen LogP contribution in [0.25, 0.3) is 0 Å². The normalized spacial score (nSPS) is 16.6. The van der Waals surface area contributed by atoms with Gasteiger partial charge < -0.3 is 25.0 Å². The van der Waals surface area contributed by atoms with Crippen molar-refractivity contribution in [3.63, 3.8) is 0 Å². The molecular formula is C20H27IN6O2. The summed E-state index contributed by atoms with van der Waals surface area (Å²) in [6, 6.07) is 7.88. The molecule has 3 heterocycles. The second-order valence-electron chi connectivity index (χ2n) is 7.65. The van der Waals surface area contributed by atoms with Crippen LogP contribution in [0.4, 0.5) is 5.95 Å². The monoisotopic (exact) mass is 510 g/mol. The quantitative estimate of drug-likeness (QED) is 0.384. The topological polar surface area (TPSA) is 89.1 Å². The average molecular weight is 510 g/mol. The molecule has 1 aromatic carbocycles. The molecule has 2 N–H and O–H groups in total. The fourth-order valence-electron chi connectivity index (χ4n) is 3.38. The van der Waals surface area contributed by atoms with E-state index in [0.29, 0.717) is 12.5 Å². The van der Waals surface area contributed by atoms with Gasteiger partial charge in [-0.15, -0.1) is 24.0 Å². The van der Waals surface area contributed by atoms with Crippen molar-refractivity contribution in [1.29, 1.82) is 0 Å². The minimum atomic E-state index is -0.161. The second kappa shape index (κ2) is 9.02. The van der Waals surface area contributed by atoms with Crippen molar-refractivity contribution in [3.05, 3.63) is 42.2 Å². The molecule has 156 valence electrons. The van der Waals surface area contributed by atoms with Crippen LogP contribution >= 0.6 is 24.0 Å². The molecule has 0 spiro atoms. The smallest absolute Gasteiger partial charge is 0.231 e. The number of halogens is 1. The van der Waals surface area contributed by atoms with Crippen LogP contribution < -0.4 is 20.1 Å². The summed E-state index contributed by atoms with van der Waals surface area (Å²) in [4.78, 5) is 17.6. The van der Waals surface area contributed by atoms with Crippen molar-refractivity contribution < 1.29 is 9.47 Å². The Hall–Kier alpha value is -2.30. The highest BCUT2D eigenvalue weighted by atomic mass is 127. The number of hydrogen-bond acceptors (Lipinski definition) is 6. The third-order valence-electron chi connectivity index (χ3n) is 5.23. The molecule has 0 bridgehead atoms. The Morgan fingerprint density at radius 1 is 1.10 bits per heavy atom. The van der Waals surface area contributed by atoms with E-state index in [-0.39, 0.29) is 36.2 Å². The molecule has 0 amide bonds. The summed E-state index contributed by atoms with van der Waals surface area (Å²) in [6.45, 7) is 8.45. The highest BCUT2D eigenvalue weighted by Gasteiger charge is 2.25. The number of benzene rings is 1. The molecule has 29 heavy (non-hydrogen) atoms. The van der Waals surface area contributed by atoms with Crippen LogP contribution in [0.15, 0.2) is 41.7 Å². The standard InChI is InChI=1S/C20H26N6O2.HI/c1-20(2,15-4-5-16-17(12-15)28-14-27-16)13-24-18(21)25-8-10-26(11-9-25)19-22-6-3-7-23-19;/h3-7,12H,8-11,13-14H2,1-2H3,(H2,21,24);1H. The first kappa shape index (κ1) is 21.4. The van der Waals surface area contributed by atoms with E-state index in [2.05, 4.69) is 44.7 Å². The van der Waals surface area contributed by atoms with Crippen LogP contribution in [0.5, 0.6) is 11.5 Å². The summed E-state index contributed by atoms with van der Waals surface area (Å²) in [7, 11) is 0. The first-order valence-corrected chi connectivity index (χ1v) is 9.50. The number of anilines is 1. The Bertz CT molecular complexity index is 853. The highest BCUT2D eigenvalue weighted by molar-refractivity contribution is 14.0. The summed E-state index contributed by atoms with van der Waals surface area (Å²) < 4.78 is 10.9. The molecule has 1 aromatic heterocycles. The number of ether oxygens (including phenoxy) is 2. The first-order chi connectivity index (χ1) is 13.5. The largest absolute Gasteiger partial charge is 0.454 e. The Balaban J connectivity index is 0.00000240. The fraction of sp³-hybridized carbons (Fsp3) is 0.450. The zero-order valence-electron chi connectivity index (χ0n) is 16.7. The molecule has 2 aliphatic rings. The van der Waals surface area contributed by atoms with Crippen LogP contribution in [0.3, 0.4) is 0 Å². The van der Waals surface area contributed by atoms with E-state index in [4.69, 9.17) is 15.2 Å². The van der Waals surface area contributed by atoms with E-state index in [1.165, 1.54) is 0 Å². The highest BCUT2D eigenvalue weighted by Crippen LogP contribution is 2.36. The average Bonchev–Trinajstić information content (AvgIpc) is 3.21. The minimum absolute atomic E-state index is 0. The van der Waals surface area contributed by atoms with E-state index < -0.39 is 0 Å². The van der Waals surface area contributed by atoms with Crippen LogP contribution in [-0.2, 0) is 5.41 Å². The number of hydrogen-bond donors (Lipinski definition) is 1. The first-order valence-electron chi connectivity index (χ1n) is 9.50. The number of aromatic nitrogens is 2. The second-order valence-corrected chi connectivity index (χ2v) is 7.65. The lowest BCUT2D eigenvalue weighted by molar-refractivity contribution is 0.174. The van der Waals surface area contributed by atoms with Gasteiger partial charge in [-0.05, 0) is 23.8 Å². The molecule has 9 heteroatoms. The van der Waals surface area contributed by atoms with Crippen LogP contribution in [0.1, 0.15) is 19.4 Å². The van der Waals surface area contributed by atoms with Crippen molar-refractivity contribution in [2.45, 2.75) is 19.3 Å². The Labute approximate surface area is 188 Å². The molecule has 0 radical (unpaired) electrons. The number of nitrogens with zero attached hydrogens (tertiary/aromatic N) is 5. The molecule has 8 nitrogen and oxygen atoms in total. The van der Waals surface area contributed by atoms with Crippen molar-refractivity contribution in [1.82, 2.24) is 14.9 Å². The van der Waals surface area contributed by atoms with Gasteiger partial charge in [-0.2, -0.15) is 0 Å². The summed E-state index contributed by atoms with van der Waals surface area (Å²) in [6.07, 6.45) is 3.53. The van der Waals surface area contributed by atoms with E-state index in [1.54, 1.807) is 12.4 Å². The van der Waals surface area contributed by atoms with Gasteiger partial charge in [0.1, 0.15) is 0 Å². The molecule has 0 atom stereocenters. The fourth-order valence-corrected chi connectivity index (χ4v) is 3.38. The van der Waals surface area contributed by atoms with Crippen LogP contribution in [0, 0.1) is 0 Å². The summed E-state index contributed by atoms with van der Waals surface area (Å²) in [5.74, 6) is 2.94. The molecule has 0 aliphatic carbocycles. The minimum Gasteiger partial charge on any atom is -0.454 e.